The first kappa shape index (κ1) is 54.8. The van der Waals surface area contributed by atoms with E-state index in [2.05, 4.69) is 21.3 Å². The standard InChI is InChI=1S/C53H61ClFN7O11S2/c1-52(2,3)72-44(65)18-14-36-45(54)46(74-47(36)51(69)73-53(4,5)6)31-9-7-10-34(24-31)57-33-19-21-61(22-20-33)75(70,71)29-30-13-15-38(55)40(23-30)58-48(66)32-26-60(27-32)43(64)25-56-39-12-8-11-35-37(39)28-62(50(35)68)41-16-17-42(63)59-49(41)67/h7-13,15,23-24,32-33,41,56-57H,14,16-22,25-29H2,1-6H3,(H,58,66)(H,59,63,67). The molecular weight excluding hydrogens is 1030 g/mol. The van der Waals surface area contributed by atoms with Gasteiger partial charge in [0.25, 0.3) is 5.91 Å². The number of halogens is 2. The minimum Gasteiger partial charge on any atom is -0.460 e. The maximum absolute atomic E-state index is 15.1. The van der Waals surface area contributed by atoms with E-state index in [0.717, 1.165) is 17.3 Å². The number of sulfonamides is 1. The van der Waals surface area contributed by atoms with Gasteiger partial charge in [-0.2, -0.15) is 0 Å². The van der Waals surface area contributed by atoms with Gasteiger partial charge in [-0.1, -0.05) is 35.9 Å². The summed E-state index contributed by atoms with van der Waals surface area (Å²) in [4.78, 5) is 93.6. The summed E-state index contributed by atoms with van der Waals surface area (Å²) < 4.78 is 55.1. The fourth-order valence-corrected chi connectivity index (χ4v) is 12.5. The van der Waals surface area contributed by atoms with Crippen molar-refractivity contribution >= 4 is 91.5 Å². The number of likely N-dealkylation sites (tertiary alicyclic amines) is 1. The first-order valence-electron chi connectivity index (χ1n) is 24.8. The lowest BCUT2D eigenvalue weighted by Crippen LogP contribution is -2.55. The quantitative estimate of drug-likeness (QED) is 0.0648. The highest BCUT2D eigenvalue weighted by atomic mass is 35.5. The first-order valence-corrected chi connectivity index (χ1v) is 27.6. The number of amides is 5. The molecule has 5 amide bonds. The molecule has 4 aliphatic rings. The average Bonchev–Trinajstić information content (AvgIpc) is 3.83. The summed E-state index contributed by atoms with van der Waals surface area (Å²) in [7, 11) is -3.85. The number of ether oxygens (including phenoxy) is 2. The highest BCUT2D eigenvalue weighted by Gasteiger charge is 2.41. The molecule has 0 radical (unpaired) electrons. The Hall–Kier alpha value is -6.42. The number of nitrogens with one attached hydrogen (secondary N) is 4. The summed E-state index contributed by atoms with van der Waals surface area (Å²) >= 11 is 8.18. The third kappa shape index (κ3) is 13.2. The van der Waals surface area contributed by atoms with E-state index in [1.54, 1.807) is 59.7 Å². The summed E-state index contributed by atoms with van der Waals surface area (Å²) in [6.07, 6.45) is 1.51. The minimum absolute atomic E-state index is 0.0132. The van der Waals surface area contributed by atoms with Gasteiger partial charge >= 0.3 is 11.9 Å². The number of benzene rings is 3. The molecule has 0 spiro atoms. The lowest BCUT2D eigenvalue weighted by atomic mass is 9.98. The number of piperidine rings is 2. The van der Waals surface area contributed by atoms with E-state index in [9.17, 15) is 42.0 Å². The number of thiophene rings is 1. The molecule has 4 N–H and O–H groups in total. The van der Waals surface area contributed by atoms with Crippen molar-refractivity contribution in [3.63, 3.8) is 0 Å². The first-order chi connectivity index (χ1) is 35.3. The van der Waals surface area contributed by atoms with E-state index >= 15 is 4.39 Å². The van der Waals surface area contributed by atoms with E-state index < -0.39 is 68.5 Å². The van der Waals surface area contributed by atoms with Gasteiger partial charge in [-0.25, -0.2) is 21.9 Å². The Kier molecular flexibility index (Phi) is 16.1. The smallest absolute Gasteiger partial charge is 0.349 e. The number of imide groups is 1. The molecule has 400 valence electrons. The van der Waals surface area contributed by atoms with Gasteiger partial charge in [0.15, 0.2) is 0 Å². The number of fused-ring (bicyclic) bond motifs is 1. The van der Waals surface area contributed by atoms with Gasteiger partial charge in [-0.15, -0.1) is 11.3 Å². The Bertz CT molecular complexity index is 3050. The second kappa shape index (κ2) is 22.0. The van der Waals surface area contributed by atoms with Crippen molar-refractivity contribution in [2.45, 2.75) is 116 Å². The van der Waals surface area contributed by atoms with Crippen molar-refractivity contribution in [2.75, 3.05) is 48.7 Å². The Morgan fingerprint density at radius 1 is 0.893 bits per heavy atom. The second-order valence-corrected chi connectivity index (χ2v) is 24.5. The van der Waals surface area contributed by atoms with Gasteiger partial charge in [0, 0.05) is 74.1 Å². The molecule has 8 rings (SSSR count). The molecule has 4 aromatic rings. The van der Waals surface area contributed by atoms with Crippen molar-refractivity contribution in [3.8, 4) is 10.4 Å². The molecule has 1 aromatic heterocycles. The van der Waals surface area contributed by atoms with Gasteiger partial charge in [-0.3, -0.25) is 34.1 Å². The number of hydrogen-bond donors (Lipinski definition) is 4. The zero-order chi connectivity index (χ0) is 54.1. The van der Waals surface area contributed by atoms with Crippen LogP contribution in [-0.4, -0.2) is 120 Å². The molecular formula is C53H61ClFN7O11S2. The third-order valence-electron chi connectivity index (χ3n) is 13.1. The molecule has 0 bridgehead atoms. The maximum Gasteiger partial charge on any atom is 0.349 e. The van der Waals surface area contributed by atoms with Crippen LogP contribution in [0.4, 0.5) is 21.5 Å². The second-order valence-electron chi connectivity index (χ2n) is 21.2. The predicted octanol–water partition coefficient (Wildman–Crippen LogP) is 7.11. The van der Waals surface area contributed by atoms with Crippen LogP contribution in [-0.2, 0) is 62.2 Å². The molecule has 5 heterocycles. The van der Waals surface area contributed by atoms with Crippen LogP contribution in [0, 0.1) is 11.7 Å². The Labute approximate surface area is 444 Å². The number of rotatable bonds is 16. The monoisotopic (exact) mass is 1090 g/mol. The van der Waals surface area contributed by atoms with Gasteiger partial charge in [-0.05, 0) is 120 Å². The molecule has 0 aliphatic carbocycles. The largest absolute Gasteiger partial charge is 0.460 e. The highest BCUT2D eigenvalue weighted by Crippen LogP contribution is 2.43. The zero-order valence-corrected chi connectivity index (χ0v) is 45.0. The predicted molar refractivity (Wildman–Crippen MR) is 281 cm³/mol. The van der Waals surface area contributed by atoms with E-state index in [0.29, 0.717) is 50.0 Å². The number of carbonyl (C=O) groups excluding carboxylic acids is 7. The van der Waals surface area contributed by atoms with E-state index in [4.69, 9.17) is 21.1 Å². The van der Waals surface area contributed by atoms with E-state index in [1.165, 1.54) is 37.6 Å². The summed E-state index contributed by atoms with van der Waals surface area (Å²) in [6.45, 7) is 11.3. The Morgan fingerprint density at radius 2 is 1.60 bits per heavy atom. The van der Waals surface area contributed by atoms with Crippen molar-refractivity contribution in [1.29, 1.82) is 0 Å². The molecule has 4 aliphatic heterocycles. The minimum atomic E-state index is -3.85. The summed E-state index contributed by atoms with van der Waals surface area (Å²) in [5, 5.41) is 11.8. The molecule has 0 saturated carbocycles. The van der Waals surface area contributed by atoms with Gasteiger partial charge in [0.2, 0.25) is 33.7 Å². The van der Waals surface area contributed by atoms with E-state index in [-0.39, 0.29) is 100.0 Å². The Morgan fingerprint density at radius 3 is 2.29 bits per heavy atom. The lowest BCUT2D eigenvalue weighted by molar-refractivity contribution is -0.154. The number of anilines is 3. The molecule has 18 nitrogen and oxygen atoms in total. The fourth-order valence-electron chi connectivity index (χ4n) is 9.40. The van der Waals surface area contributed by atoms with Crippen LogP contribution in [0.15, 0.2) is 60.7 Å². The van der Waals surface area contributed by atoms with Crippen molar-refractivity contribution in [3.05, 3.63) is 98.6 Å². The molecule has 3 fully saturated rings. The normalized spacial score (nSPS) is 17.8. The topological polar surface area (TPSA) is 230 Å². The van der Waals surface area contributed by atoms with Crippen LogP contribution in [0.2, 0.25) is 5.02 Å². The van der Waals surface area contributed by atoms with Crippen LogP contribution >= 0.6 is 22.9 Å². The molecule has 1 unspecified atom stereocenters. The van der Waals surface area contributed by atoms with E-state index in [1.807, 2.05) is 24.3 Å². The SMILES string of the molecule is CC(C)(C)OC(=O)CCc1c(C(=O)OC(C)(C)C)sc(-c2cccc(NC3CCN(S(=O)(=O)Cc4ccc(F)c(NC(=O)C5CN(C(=O)CNc6cccc7c6CN(C6CCC(=O)NC6=O)C7=O)C5)c4)CC3)c2)c1Cl. The fraction of sp³-hybridized carbons (Fsp3) is 0.453. The molecule has 22 heteroatoms. The summed E-state index contributed by atoms with van der Waals surface area (Å²) in [5.74, 6) is -4.85. The molecule has 3 aromatic carbocycles. The molecule has 75 heavy (non-hydrogen) atoms. The lowest BCUT2D eigenvalue weighted by Gasteiger charge is -2.38. The number of esters is 2. The van der Waals surface area contributed by atoms with Crippen molar-refractivity contribution in [2.24, 2.45) is 5.92 Å². The van der Waals surface area contributed by atoms with Crippen molar-refractivity contribution < 1.29 is 55.8 Å². The van der Waals surface area contributed by atoms with Gasteiger partial charge in [0.05, 0.1) is 33.8 Å². The number of carbonyl (C=O) groups is 7. The van der Waals surface area contributed by atoms with Crippen LogP contribution in [0.25, 0.3) is 10.4 Å². The third-order valence-corrected chi connectivity index (χ3v) is 16.8. The number of nitrogens with zero attached hydrogens (tertiary/aromatic N) is 3. The average molecular weight is 1090 g/mol. The van der Waals surface area contributed by atoms with Crippen molar-refractivity contribution in [1.82, 2.24) is 19.4 Å². The zero-order valence-electron chi connectivity index (χ0n) is 42.6. The summed E-state index contributed by atoms with van der Waals surface area (Å²) in [5.41, 5.74) is 2.24. The Balaban J connectivity index is 0.814. The van der Waals surface area contributed by atoms with Crippen LogP contribution in [0.1, 0.15) is 110 Å². The maximum atomic E-state index is 15.1. The van der Waals surface area contributed by atoms with Crippen LogP contribution in [0.3, 0.4) is 0 Å². The molecule has 1 atom stereocenters. The highest BCUT2D eigenvalue weighted by molar-refractivity contribution is 7.88. The van der Waals surface area contributed by atoms with Gasteiger partial charge < -0.3 is 35.2 Å². The van der Waals surface area contributed by atoms with Crippen LogP contribution < -0.4 is 21.3 Å². The number of hydrogen-bond acceptors (Lipinski definition) is 14. The van der Waals surface area contributed by atoms with Gasteiger partial charge in [0.1, 0.15) is 27.9 Å². The molecule has 3 saturated heterocycles. The van der Waals surface area contributed by atoms with Crippen LogP contribution in [0.5, 0.6) is 0 Å². The summed E-state index contributed by atoms with van der Waals surface area (Å²) in [6, 6.07) is 15.5.